The minimum atomic E-state index is -0.462. The normalized spacial score (nSPS) is 17.5. The van der Waals surface area contributed by atoms with E-state index in [-0.39, 0.29) is 18.3 Å². The van der Waals surface area contributed by atoms with Gasteiger partial charge in [-0.2, -0.15) is 0 Å². The van der Waals surface area contributed by atoms with Crippen molar-refractivity contribution in [2.45, 2.75) is 83.6 Å². The standard InChI is InChI=1S/C20H39N3O3/c1-2-3-4-5-6-7-8-9-10-11-16-26-19(24)17-18-20(25)23(14-12-21)15-13-22-18/h18,22H,2-17,21H2,1H3. The molecule has 1 amide bonds. The smallest absolute Gasteiger partial charge is 0.307 e. The molecule has 0 spiro atoms. The Balaban J connectivity index is 1.99. The number of nitrogens with two attached hydrogens (primary N) is 1. The van der Waals surface area contributed by atoms with Gasteiger partial charge in [-0.3, -0.25) is 9.59 Å². The molecule has 0 bridgehead atoms. The predicted octanol–water partition coefficient (Wildman–Crippen LogP) is 2.60. The van der Waals surface area contributed by atoms with Crippen LogP contribution in [0.2, 0.25) is 0 Å². The van der Waals surface area contributed by atoms with Gasteiger partial charge in [-0.15, -0.1) is 0 Å². The molecule has 0 aromatic heterocycles. The Kier molecular flexibility index (Phi) is 13.2. The molecule has 0 saturated carbocycles. The molecule has 0 radical (unpaired) electrons. The number of unbranched alkanes of at least 4 members (excludes halogenated alkanes) is 9. The first-order valence-corrected chi connectivity index (χ1v) is 10.6. The molecule has 1 aliphatic heterocycles. The predicted molar refractivity (Wildman–Crippen MR) is 105 cm³/mol. The van der Waals surface area contributed by atoms with Gasteiger partial charge in [0.2, 0.25) is 5.91 Å². The summed E-state index contributed by atoms with van der Waals surface area (Å²) in [5.41, 5.74) is 5.51. The summed E-state index contributed by atoms with van der Waals surface area (Å²) in [4.78, 5) is 25.9. The van der Waals surface area contributed by atoms with Crippen molar-refractivity contribution in [1.29, 1.82) is 0 Å². The first-order chi connectivity index (χ1) is 12.7. The number of esters is 1. The molecule has 1 unspecified atom stereocenters. The van der Waals surface area contributed by atoms with Gasteiger partial charge in [-0.25, -0.2) is 0 Å². The highest BCUT2D eigenvalue weighted by atomic mass is 16.5. The Morgan fingerprint density at radius 1 is 1.12 bits per heavy atom. The van der Waals surface area contributed by atoms with Crippen molar-refractivity contribution in [2.75, 3.05) is 32.8 Å². The van der Waals surface area contributed by atoms with E-state index in [1.807, 2.05) is 0 Å². The van der Waals surface area contributed by atoms with E-state index < -0.39 is 6.04 Å². The molecule has 1 atom stereocenters. The first kappa shape index (κ1) is 22.9. The quantitative estimate of drug-likeness (QED) is 0.342. The lowest BCUT2D eigenvalue weighted by atomic mass is 10.1. The number of nitrogens with one attached hydrogen (secondary N) is 1. The molecule has 6 heteroatoms. The van der Waals surface area contributed by atoms with Crippen LogP contribution in [0.25, 0.3) is 0 Å². The average Bonchev–Trinajstić information content (AvgIpc) is 2.63. The summed E-state index contributed by atoms with van der Waals surface area (Å²) in [5, 5.41) is 3.10. The average molecular weight is 370 g/mol. The van der Waals surface area contributed by atoms with Gasteiger partial charge < -0.3 is 20.7 Å². The summed E-state index contributed by atoms with van der Waals surface area (Å²) in [6.07, 6.45) is 12.7. The second-order valence-corrected chi connectivity index (χ2v) is 7.23. The molecule has 1 heterocycles. The number of rotatable bonds is 15. The number of hydrogen-bond donors (Lipinski definition) is 2. The van der Waals surface area contributed by atoms with Crippen molar-refractivity contribution in [2.24, 2.45) is 5.73 Å². The van der Waals surface area contributed by atoms with Gasteiger partial charge in [-0.05, 0) is 6.42 Å². The van der Waals surface area contributed by atoms with Crippen LogP contribution in [-0.2, 0) is 14.3 Å². The molecule has 3 N–H and O–H groups in total. The fourth-order valence-electron chi connectivity index (χ4n) is 3.33. The maximum absolute atomic E-state index is 12.2. The Hall–Kier alpha value is -1.14. The van der Waals surface area contributed by atoms with E-state index in [4.69, 9.17) is 10.5 Å². The Labute approximate surface area is 159 Å². The number of hydrogen-bond acceptors (Lipinski definition) is 5. The van der Waals surface area contributed by atoms with E-state index in [2.05, 4.69) is 12.2 Å². The van der Waals surface area contributed by atoms with E-state index in [0.29, 0.717) is 32.8 Å². The molecular formula is C20H39N3O3. The SMILES string of the molecule is CCCCCCCCCCCCOC(=O)CC1NCCN(CCN)C1=O. The minimum absolute atomic E-state index is 0.0439. The van der Waals surface area contributed by atoms with E-state index in [1.165, 1.54) is 51.4 Å². The molecular weight excluding hydrogens is 330 g/mol. The van der Waals surface area contributed by atoms with Crippen LogP contribution in [0.15, 0.2) is 0 Å². The van der Waals surface area contributed by atoms with Gasteiger partial charge >= 0.3 is 5.97 Å². The van der Waals surface area contributed by atoms with Crippen LogP contribution in [0.1, 0.15) is 77.6 Å². The van der Waals surface area contributed by atoms with Gasteiger partial charge in [0.05, 0.1) is 19.1 Å². The summed E-state index contributed by atoms with van der Waals surface area (Å²) >= 11 is 0. The Morgan fingerprint density at radius 3 is 2.35 bits per heavy atom. The second kappa shape index (κ2) is 15.0. The largest absolute Gasteiger partial charge is 0.466 e. The minimum Gasteiger partial charge on any atom is -0.466 e. The fraction of sp³-hybridized carbons (Fsp3) is 0.900. The maximum Gasteiger partial charge on any atom is 0.307 e. The molecule has 1 saturated heterocycles. The summed E-state index contributed by atoms with van der Waals surface area (Å²) in [7, 11) is 0. The first-order valence-electron chi connectivity index (χ1n) is 10.6. The van der Waals surface area contributed by atoms with Crippen LogP contribution in [0.3, 0.4) is 0 Å². The summed E-state index contributed by atoms with van der Waals surface area (Å²) < 4.78 is 5.29. The van der Waals surface area contributed by atoms with Crippen molar-refractivity contribution in [3.63, 3.8) is 0 Å². The number of ether oxygens (including phenoxy) is 1. The molecule has 152 valence electrons. The van der Waals surface area contributed by atoms with Gasteiger partial charge in [0, 0.05) is 26.2 Å². The summed E-state index contributed by atoms with van der Waals surface area (Å²) in [5.74, 6) is -0.334. The number of amides is 1. The van der Waals surface area contributed by atoms with Gasteiger partial charge in [0.15, 0.2) is 0 Å². The van der Waals surface area contributed by atoms with E-state index in [0.717, 1.165) is 12.8 Å². The van der Waals surface area contributed by atoms with Crippen LogP contribution in [0.4, 0.5) is 0 Å². The van der Waals surface area contributed by atoms with E-state index in [9.17, 15) is 9.59 Å². The summed E-state index contributed by atoms with van der Waals surface area (Å²) in [6, 6.07) is -0.462. The van der Waals surface area contributed by atoms with Crippen molar-refractivity contribution in [3.05, 3.63) is 0 Å². The van der Waals surface area contributed by atoms with Crippen molar-refractivity contribution < 1.29 is 14.3 Å². The van der Waals surface area contributed by atoms with Gasteiger partial charge in [0.1, 0.15) is 0 Å². The van der Waals surface area contributed by atoms with Gasteiger partial charge in [0.25, 0.3) is 0 Å². The third kappa shape index (κ3) is 10.1. The van der Waals surface area contributed by atoms with E-state index >= 15 is 0 Å². The zero-order valence-electron chi connectivity index (χ0n) is 16.6. The lowest BCUT2D eigenvalue weighted by Crippen LogP contribution is -2.56. The maximum atomic E-state index is 12.2. The van der Waals surface area contributed by atoms with Crippen molar-refractivity contribution in [3.8, 4) is 0 Å². The third-order valence-electron chi connectivity index (χ3n) is 4.91. The molecule has 1 fully saturated rings. The molecule has 0 aromatic carbocycles. The zero-order valence-corrected chi connectivity index (χ0v) is 16.6. The van der Waals surface area contributed by atoms with E-state index in [1.54, 1.807) is 4.90 Å². The van der Waals surface area contributed by atoms with Crippen molar-refractivity contribution >= 4 is 11.9 Å². The van der Waals surface area contributed by atoms with Crippen LogP contribution >= 0.6 is 0 Å². The highest BCUT2D eigenvalue weighted by Gasteiger charge is 2.29. The van der Waals surface area contributed by atoms with Crippen molar-refractivity contribution in [1.82, 2.24) is 10.2 Å². The molecule has 1 rings (SSSR count). The van der Waals surface area contributed by atoms with Crippen LogP contribution in [-0.4, -0.2) is 55.6 Å². The number of carbonyl (C=O) groups is 2. The molecule has 6 nitrogen and oxygen atoms in total. The monoisotopic (exact) mass is 369 g/mol. The molecule has 0 aromatic rings. The second-order valence-electron chi connectivity index (χ2n) is 7.23. The third-order valence-corrected chi connectivity index (χ3v) is 4.91. The highest BCUT2D eigenvalue weighted by molar-refractivity contribution is 5.87. The van der Waals surface area contributed by atoms with Crippen LogP contribution < -0.4 is 11.1 Å². The Bertz CT molecular complexity index is 388. The fourth-order valence-corrected chi connectivity index (χ4v) is 3.33. The topological polar surface area (TPSA) is 84.7 Å². The number of piperazine rings is 1. The Morgan fingerprint density at radius 2 is 1.73 bits per heavy atom. The summed E-state index contributed by atoms with van der Waals surface area (Å²) in [6.45, 7) is 5.05. The van der Waals surface area contributed by atoms with Crippen LogP contribution in [0, 0.1) is 0 Å². The zero-order chi connectivity index (χ0) is 19.0. The molecule has 0 aliphatic carbocycles. The molecule has 26 heavy (non-hydrogen) atoms. The number of carbonyl (C=O) groups excluding carboxylic acids is 2. The number of nitrogens with zero attached hydrogens (tertiary/aromatic N) is 1. The van der Waals surface area contributed by atoms with Crippen LogP contribution in [0.5, 0.6) is 0 Å². The highest BCUT2D eigenvalue weighted by Crippen LogP contribution is 2.11. The lowest BCUT2D eigenvalue weighted by Gasteiger charge is -2.32. The lowest BCUT2D eigenvalue weighted by molar-refractivity contribution is -0.148. The molecule has 1 aliphatic rings. The van der Waals surface area contributed by atoms with Gasteiger partial charge in [-0.1, -0.05) is 64.7 Å².